The Balaban J connectivity index is 1.72. The van der Waals surface area contributed by atoms with Crippen molar-refractivity contribution in [3.05, 3.63) is 0 Å². The van der Waals surface area contributed by atoms with E-state index in [0.29, 0.717) is 17.4 Å². The van der Waals surface area contributed by atoms with Crippen LogP contribution in [-0.4, -0.2) is 34.5 Å². The molecule has 0 heterocycles. The lowest BCUT2D eigenvalue weighted by atomic mass is 9.47. The molecular formula is C17H33NO2. The second kappa shape index (κ2) is 5.26. The Morgan fingerprint density at radius 2 is 1.65 bits per heavy atom. The Labute approximate surface area is 124 Å². The van der Waals surface area contributed by atoms with Crippen LogP contribution in [0.5, 0.6) is 0 Å². The number of rotatable bonds is 5. The maximum absolute atomic E-state index is 10.0. The predicted molar refractivity (Wildman–Crippen MR) is 82.6 cm³/mol. The summed E-state index contributed by atoms with van der Waals surface area (Å²) in [5.74, 6) is 0.478. The molecule has 2 aliphatic carbocycles. The third-order valence-electron chi connectivity index (χ3n) is 5.27. The van der Waals surface area contributed by atoms with Crippen molar-refractivity contribution in [2.24, 2.45) is 16.7 Å². The van der Waals surface area contributed by atoms with E-state index >= 15 is 0 Å². The summed E-state index contributed by atoms with van der Waals surface area (Å²) >= 11 is 0. The van der Waals surface area contributed by atoms with Crippen LogP contribution in [0.3, 0.4) is 0 Å². The van der Waals surface area contributed by atoms with Crippen LogP contribution >= 0.6 is 0 Å². The molecule has 0 radical (unpaired) electrons. The molecule has 0 aromatic heterocycles. The standard InChI is InChI=1S/C17H33NO2/c1-15(2,3)8-14(11-19)18-13-9-17(10-13)6-12(7-17)16(4,5)20/h12-14,18-20H,6-11H2,1-5H3/t12?,13?,14-,17?/m1/s1. The van der Waals surface area contributed by atoms with Crippen LogP contribution in [0.2, 0.25) is 0 Å². The zero-order chi connectivity index (χ0) is 15.2. The molecule has 3 heteroatoms. The summed E-state index contributed by atoms with van der Waals surface area (Å²) in [6.45, 7) is 10.8. The first-order chi connectivity index (χ1) is 9.03. The average Bonchev–Trinajstić information content (AvgIpc) is 2.13. The molecule has 0 bridgehead atoms. The summed E-state index contributed by atoms with van der Waals surface area (Å²) in [4.78, 5) is 0. The summed E-state index contributed by atoms with van der Waals surface area (Å²) < 4.78 is 0. The highest BCUT2D eigenvalue weighted by molar-refractivity contribution is 5.08. The van der Waals surface area contributed by atoms with Crippen LogP contribution in [0.15, 0.2) is 0 Å². The number of aliphatic hydroxyl groups excluding tert-OH is 1. The highest BCUT2D eigenvalue weighted by atomic mass is 16.3. The van der Waals surface area contributed by atoms with E-state index in [9.17, 15) is 10.2 Å². The molecule has 118 valence electrons. The predicted octanol–water partition coefficient (Wildman–Crippen LogP) is 2.70. The van der Waals surface area contributed by atoms with Crippen molar-refractivity contribution in [1.82, 2.24) is 5.32 Å². The van der Waals surface area contributed by atoms with Crippen molar-refractivity contribution in [2.45, 2.75) is 84.4 Å². The zero-order valence-corrected chi connectivity index (χ0v) is 13.9. The smallest absolute Gasteiger partial charge is 0.0620 e. The Morgan fingerprint density at radius 1 is 1.10 bits per heavy atom. The van der Waals surface area contributed by atoms with Gasteiger partial charge in [-0.2, -0.15) is 0 Å². The van der Waals surface area contributed by atoms with E-state index in [1.165, 1.54) is 25.7 Å². The highest BCUT2D eigenvalue weighted by Gasteiger charge is 2.55. The fourth-order valence-corrected chi connectivity index (χ4v) is 4.17. The van der Waals surface area contributed by atoms with Gasteiger partial charge in [0.15, 0.2) is 0 Å². The third-order valence-corrected chi connectivity index (χ3v) is 5.27. The maximum Gasteiger partial charge on any atom is 0.0620 e. The lowest BCUT2D eigenvalue weighted by Crippen LogP contribution is -2.60. The largest absolute Gasteiger partial charge is 0.395 e. The van der Waals surface area contributed by atoms with Gasteiger partial charge in [-0.1, -0.05) is 20.8 Å². The van der Waals surface area contributed by atoms with Gasteiger partial charge in [0, 0.05) is 12.1 Å². The first-order valence-corrected chi connectivity index (χ1v) is 8.12. The molecule has 0 saturated heterocycles. The van der Waals surface area contributed by atoms with Gasteiger partial charge in [0.1, 0.15) is 0 Å². The Bertz CT molecular complexity index is 326. The fraction of sp³-hybridized carbons (Fsp3) is 1.00. The molecule has 0 aliphatic heterocycles. The number of aliphatic hydroxyl groups is 2. The highest BCUT2D eigenvalue weighted by Crippen LogP contribution is 2.61. The lowest BCUT2D eigenvalue weighted by molar-refractivity contribution is -0.130. The second-order valence-corrected chi connectivity index (χ2v) is 9.17. The molecular weight excluding hydrogens is 250 g/mol. The molecule has 0 unspecified atom stereocenters. The van der Waals surface area contributed by atoms with Gasteiger partial charge in [-0.15, -0.1) is 0 Å². The van der Waals surface area contributed by atoms with Crippen LogP contribution in [-0.2, 0) is 0 Å². The monoisotopic (exact) mass is 283 g/mol. The summed E-state index contributed by atoms with van der Waals surface area (Å²) in [6, 6.07) is 0.791. The first kappa shape index (κ1) is 16.3. The van der Waals surface area contributed by atoms with Gasteiger partial charge in [-0.25, -0.2) is 0 Å². The molecule has 20 heavy (non-hydrogen) atoms. The van der Waals surface area contributed by atoms with Crippen molar-refractivity contribution < 1.29 is 10.2 Å². The van der Waals surface area contributed by atoms with Crippen molar-refractivity contribution in [1.29, 1.82) is 0 Å². The molecule has 0 amide bonds. The van der Waals surface area contributed by atoms with Crippen molar-refractivity contribution in [2.75, 3.05) is 6.61 Å². The minimum atomic E-state index is -0.510. The van der Waals surface area contributed by atoms with Gasteiger partial charge in [0.2, 0.25) is 0 Å². The number of hydrogen-bond donors (Lipinski definition) is 3. The molecule has 2 aliphatic rings. The van der Waals surface area contributed by atoms with Crippen molar-refractivity contribution in [3.63, 3.8) is 0 Å². The summed E-state index contributed by atoms with van der Waals surface area (Å²) in [7, 11) is 0. The normalized spacial score (nSPS) is 35.5. The zero-order valence-electron chi connectivity index (χ0n) is 13.9. The molecule has 0 aromatic carbocycles. The molecule has 3 nitrogen and oxygen atoms in total. The SMILES string of the molecule is CC(C)(C)C[C@H](CO)NC1CC2(C1)CC(C(C)(C)O)C2. The molecule has 0 aromatic rings. The lowest BCUT2D eigenvalue weighted by Gasteiger charge is -2.61. The van der Waals surface area contributed by atoms with E-state index in [-0.39, 0.29) is 18.1 Å². The molecule has 2 fully saturated rings. The number of nitrogens with one attached hydrogen (secondary N) is 1. The van der Waals surface area contributed by atoms with Crippen LogP contribution in [0.4, 0.5) is 0 Å². The minimum Gasteiger partial charge on any atom is -0.395 e. The molecule has 1 spiro atoms. The number of hydrogen-bond acceptors (Lipinski definition) is 3. The van der Waals surface area contributed by atoms with Crippen molar-refractivity contribution in [3.8, 4) is 0 Å². The van der Waals surface area contributed by atoms with E-state index in [1.807, 2.05) is 13.8 Å². The van der Waals surface area contributed by atoms with Crippen LogP contribution < -0.4 is 5.32 Å². The topological polar surface area (TPSA) is 52.5 Å². The van der Waals surface area contributed by atoms with Crippen LogP contribution in [0, 0.1) is 16.7 Å². The Kier molecular flexibility index (Phi) is 4.27. The van der Waals surface area contributed by atoms with E-state index in [0.717, 1.165) is 6.42 Å². The van der Waals surface area contributed by atoms with Gasteiger partial charge < -0.3 is 15.5 Å². The van der Waals surface area contributed by atoms with Crippen LogP contribution in [0.1, 0.15) is 66.7 Å². The first-order valence-electron chi connectivity index (χ1n) is 8.12. The molecule has 2 saturated carbocycles. The summed E-state index contributed by atoms with van der Waals surface area (Å²) in [5.41, 5.74) is 0.248. The van der Waals surface area contributed by atoms with E-state index in [2.05, 4.69) is 26.1 Å². The maximum atomic E-state index is 10.0. The van der Waals surface area contributed by atoms with E-state index < -0.39 is 5.60 Å². The van der Waals surface area contributed by atoms with Crippen LogP contribution in [0.25, 0.3) is 0 Å². The van der Waals surface area contributed by atoms with Gasteiger partial charge in [-0.05, 0) is 62.7 Å². The van der Waals surface area contributed by atoms with Gasteiger partial charge in [0.05, 0.1) is 12.2 Å². The molecule has 3 N–H and O–H groups in total. The fourth-order valence-electron chi connectivity index (χ4n) is 4.17. The quantitative estimate of drug-likeness (QED) is 0.727. The Hall–Kier alpha value is -0.120. The van der Waals surface area contributed by atoms with E-state index in [1.54, 1.807) is 0 Å². The van der Waals surface area contributed by atoms with E-state index in [4.69, 9.17) is 0 Å². The third kappa shape index (κ3) is 3.75. The average molecular weight is 283 g/mol. The van der Waals surface area contributed by atoms with Crippen molar-refractivity contribution >= 4 is 0 Å². The van der Waals surface area contributed by atoms with Gasteiger partial charge in [-0.3, -0.25) is 0 Å². The second-order valence-electron chi connectivity index (χ2n) is 9.17. The molecule has 2 rings (SSSR count). The van der Waals surface area contributed by atoms with Gasteiger partial charge >= 0.3 is 0 Å². The minimum absolute atomic E-state index is 0.225. The summed E-state index contributed by atoms with van der Waals surface area (Å²) in [5, 5.41) is 23.2. The molecule has 1 atom stereocenters. The van der Waals surface area contributed by atoms with Gasteiger partial charge in [0.25, 0.3) is 0 Å². The Morgan fingerprint density at radius 3 is 2.05 bits per heavy atom. The summed E-state index contributed by atoms with van der Waals surface area (Å²) in [6.07, 6.45) is 5.81.